The lowest BCUT2D eigenvalue weighted by Crippen LogP contribution is -2.43. The fraction of sp³-hybridized carbons (Fsp3) is 0.464. The zero-order valence-corrected chi connectivity index (χ0v) is 20.8. The molecule has 8 heteroatoms. The van der Waals surface area contributed by atoms with Gasteiger partial charge in [0.25, 0.3) is 5.91 Å². The number of hydrogen-bond acceptors (Lipinski definition) is 4. The van der Waals surface area contributed by atoms with Crippen LogP contribution in [0.15, 0.2) is 30.5 Å². The quantitative estimate of drug-likeness (QED) is 0.411. The van der Waals surface area contributed by atoms with Gasteiger partial charge in [0.1, 0.15) is 17.1 Å². The van der Waals surface area contributed by atoms with Crippen molar-refractivity contribution in [1.82, 2.24) is 20.6 Å². The average Bonchev–Trinajstić information content (AvgIpc) is 3.63. The molecule has 3 aromatic rings. The molecular formula is C28H33FN4O3. The van der Waals surface area contributed by atoms with Crippen LogP contribution in [0.5, 0.6) is 5.75 Å². The molecule has 0 aliphatic heterocycles. The van der Waals surface area contributed by atoms with E-state index in [0.717, 1.165) is 31.2 Å². The Bertz CT molecular complexity index is 1280. The van der Waals surface area contributed by atoms with E-state index in [-0.39, 0.29) is 29.7 Å². The van der Waals surface area contributed by atoms with Gasteiger partial charge < -0.3 is 20.4 Å². The maximum atomic E-state index is 14.3. The Morgan fingerprint density at radius 3 is 2.47 bits per heavy atom. The maximum absolute atomic E-state index is 14.3. The molecule has 1 aromatic carbocycles. The summed E-state index contributed by atoms with van der Waals surface area (Å²) in [6.45, 7) is 4.32. The number of nitrogens with one attached hydrogen (secondary N) is 3. The second-order valence-corrected chi connectivity index (χ2v) is 10.0. The molecule has 0 bridgehead atoms. The Morgan fingerprint density at radius 1 is 1.06 bits per heavy atom. The number of pyridine rings is 1. The van der Waals surface area contributed by atoms with E-state index in [0.29, 0.717) is 52.5 Å². The highest BCUT2D eigenvalue weighted by atomic mass is 19.1. The number of amides is 2. The van der Waals surface area contributed by atoms with Crippen LogP contribution in [0, 0.1) is 18.7 Å². The van der Waals surface area contributed by atoms with E-state index < -0.39 is 0 Å². The van der Waals surface area contributed by atoms with Gasteiger partial charge >= 0.3 is 0 Å². The predicted octanol–water partition coefficient (Wildman–Crippen LogP) is 5.03. The van der Waals surface area contributed by atoms with Crippen LogP contribution in [0.4, 0.5) is 4.39 Å². The van der Waals surface area contributed by atoms with E-state index in [9.17, 15) is 14.0 Å². The molecule has 7 nitrogen and oxygen atoms in total. The highest BCUT2D eigenvalue weighted by molar-refractivity contribution is 6.09. The Labute approximate surface area is 210 Å². The van der Waals surface area contributed by atoms with Crippen LogP contribution >= 0.6 is 0 Å². The molecule has 0 spiro atoms. The third-order valence-electron chi connectivity index (χ3n) is 7.25. The van der Waals surface area contributed by atoms with Gasteiger partial charge in [0.2, 0.25) is 5.91 Å². The fourth-order valence-electron chi connectivity index (χ4n) is 5.01. The highest BCUT2D eigenvalue weighted by Crippen LogP contribution is 2.38. The Kier molecular flexibility index (Phi) is 6.94. The smallest absolute Gasteiger partial charge is 0.255 e. The molecule has 190 valence electrons. The molecule has 0 atom stereocenters. The summed E-state index contributed by atoms with van der Waals surface area (Å²) >= 11 is 0. The molecule has 2 aromatic heterocycles. The largest absolute Gasteiger partial charge is 0.493 e. The topological polar surface area (TPSA) is 96.1 Å². The van der Waals surface area contributed by atoms with Gasteiger partial charge in [-0.2, -0.15) is 0 Å². The van der Waals surface area contributed by atoms with Gasteiger partial charge in [0, 0.05) is 41.5 Å². The van der Waals surface area contributed by atoms with Crippen molar-refractivity contribution in [3.63, 3.8) is 0 Å². The van der Waals surface area contributed by atoms with Crippen LogP contribution in [0.25, 0.3) is 22.2 Å². The Balaban J connectivity index is 1.37. The number of aryl methyl sites for hydroxylation is 1. The molecular weight excluding hydrogens is 459 g/mol. The molecule has 0 saturated heterocycles. The van der Waals surface area contributed by atoms with E-state index in [1.54, 1.807) is 12.3 Å². The number of rotatable bonds is 8. The van der Waals surface area contributed by atoms with E-state index in [2.05, 4.69) is 20.6 Å². The number of fused-ring (bicyclic) bond motifs is 1. The minimum absolute atomic E-state index is 0.0467. The normalized spacial score (nSPS) is 19.8. The molecule has 0 unspecified atom stereocenters. The van der Waals surface area contributed by atoms with Crippen molar-refractivity contribution >= 4 is 22.8 Å². The number of carbonyl (C=O) groups is 2. The van der Waals surface area contributed by atoms with Gasteiger partial charge in [-0.05, 0) is 75.6 Å². The third kappa shape index (κ3) is 5.22. The first-order valence-electron chi connectivity index (χ1n) is 12.9. The summed E-state index contributed by atoms with van der Waals surface area (Å²) in [5.41, 5.74) is 3.86. The van der Waals surface area contributed by atoms with Gasteiger partial charge in [0.05, 0.1) is 17.7 Å². The summed E-state index contributed by atoms with van der Waals surface area (Å²) in [4.78, 5) is 32.9. The van der Waals surface area contributed by atoms with Gasteiger partial charge in [0.15, 0.2) is 0 Å². The standard InChI is InChI=1S/C28H33FN4O3/c1-3-24(34)32-19-7-9-20(10-8-19)33-28(35)25-16(2)31-26-21(12-13-30-27(25)26)22-14-18(29)6-11-23(22)36-15-17-4-5-17/h6,11-14,17,19-20,31H,3-5,7-10,15H2,1-2H3,(H,32,34)(H,33,35)/t19-,20-. The molecule has 2 heterocycles. The van der Waals surface area contributed by atoms with Crippen molar-refractivity contribution in [2.45, 2.75) is 70.9 Å². The van der Waals surface area contributed by atoms with Crippen molar-refractivity contribution in [2.75, 3.05) is 6.61 Å². The number of hydrogen-bond donors (Lipinski definition) is 3. The van der Waals surface area contributed by atoms with E-state index >= 15 is 0 Å². The third-order valence-corrected chi connectivity index (χ3v) is 7.25. The molecule has 3 N–H and O–H groups in total. The lowest BCUT2D eigenvalue weighted by atomic mass is 9.91. The summed E-state index contributed by atoms with van der Waals surface area (Å²) in [5.74, 6) is 0.745. The Hall–Kier alpha value is -3.42. The molecule has 2 aliphatic rings. The summed E-state index contributed by atoms with van der Waals surface area (Å²) in [6.07, 6.45) is 7.77. The first-order valence-corrected chi connectivity index (χ1v) is 12.9. The van der Waals surface area contributed by atoms with Crippen LogP contribution in [-0.4, -0.2) is 40.5 Å². The van der Waals surface area contributed by atoms with Crippen molar-refractivity contribution in [3.8, 4) is 16.9 Å². The summed E-state index contributed by atoms with van der Waals surface area (Å²) in [7, 11) is 0. The summed E-state index contributed by atoms with van der Waals surface area (Å²) in [5, 5.41) is 6.21. The second-order valence-electron chi connectivity index (χ2n) is 10.0. The van der Waals surface area contributed by atoms with Crippen LogP contribution < -0.4 is 15.4 Å². The van der Waals surface area contributed by atoms with E-state index in [1.807, 2.05) is 19.9 Å². The number of carbonyl (C=O) groups excluding carboxylic acids is 2. The van der Waals surface area contributed by atoms with Crippen LogP contribution in [0.3, 0.4) is 0 Å². The summed E-state index contributed by atoms with van der Waals surface area (Å²) < 4.78 is 20.3. The minimum atomic E-state index is -0.347. The predicted molar refractivity (Wildman–Crippen MR) is 136 cm³/mol. The van der Waals surface area contributed by atoms with Crippen molar-refractivity contribution in [2.24, 2.45) is 5.92 Å². The Morgan fingerprint density at radius 2 is 1.78 bits per heavy atom. The minimum Gasteiger partial charge on any atom is -0.493 e. The van der Waals surface area contributed by atoms with Gasteiger partial charge in [-0.25, -0.2) is 4.39 Å². The second kappa shape index (κ2) is 10.3. The molecule has 2 saturated carbocycles. The van der Waals surface area contributed by atoms with Crippen LogP contribution in [-0.2, 0) is 4.79 Å². The van der Waals surface area contributed by atoms with Crippen molar-refractivity contribution < 1.29 is 18.7 Å². The monoisotopic (exact) mass is 492 g/mol. The lowest BCUT2D eigenvalue weighted by Gasteiger charge is -2.29. The number of H-pyrrole nitrogens is 1. The lowest BCUT2D eigenvalue weighted by molar-refractivity contribution is -0.121. The average molecular weight is 493 g/mol. The zero-order chi connectivity index (χ0) is 25.2. The first-order chi connectivity index (χ1) is 17.4. The van der Waals surface area contributed by atoms with Gasteiger partial charge in [-0.3, -0.25) is 14.6 Å². The molecule has 2 amide bonds. The molecule has 5 rings (SSSR count). The van der Waals surface area contributed by atoms with Gasteiger partial charge in [-0.1, -0.05) is 6.92 Å². The fourth-order valence-corrected chi connectivity index (χ4v) is 5.01. The van der Waals surface area contributed by atoms with E-state index in [4.69, 9.17) is 4.74 Å². The van der Waals surface area contributed by atoms with Crippen LogP contribution in [0.2, 0.25) is 0 Å². The number of benzene rings is 1. The molecule has 2 aliphatic carbocycles. The first kappa shape index (κ1) is 24.3. The number of nitrogens with zero attached hydrogens (tertiary/aromatic N) is 1. The highest BCUT2D eigenvalue weighted by Gasteiger charge is 2.27. The van der Waals surface area contributed by atoms with Crippen LogP contribution in [0.1, 0.15) is 67.9 Å². The van der Waals surface area contributed by atoms with E-state index in [1.165, 1.54) is 25.0 Å². The number of aromatic amines is 1. The van der Waals surface area contributed by atoms with Crippen molar-refractivity contribution in [1.29, 1.82) is 0 Å². The SMILES string of the molecule is CCC(=O)N[C@H]1CC[C@H](NC(=O)c2c(C)[nH]c3c(-c4cc(F)ccc4OCC4CC4)ccnc23)CC1. The number of ether oxygens (including phenoxy) is 1. The summed E-state index contributed by atoms with van der Waals surface area (Å²) in [6, 6.07) is 6.60. The molecule has 2 fully saturated rings. The van der Waals surface area contributed by atoms with Crippen molar-refractivity contribution in [3.05, 3.63) is 47.5 Å². The number of aromatic nitrogens is 2. The maximum Gasteiger partial charge on any atom is 0.255 e. The zero-order valence-electron chi connectivity index (χ0n) is 20.8. The molecule has 0 radical (unpaired) electrons. The van der Waals surface area contributed by atoms with Gasteiger partial charge in [-0.15, -0.1) is 0 Å². The molecule has 36 heavy (non-hydrogen) atoms. The number of halogens is 1.